The SMILES string of the molecule is CC1(C)C(=O)N(c2ccc(C#N)c(Cl)c2)c2ccc(-c3ncc(N4CC(CCNCCNc5ccc6c(c5)C(=O)N(C5CCC(=O)NC5=O)C6=O)C4)cn3)cc21. The molecule has 5 amide bonds. The lowest BCUT2D eigenvalue weighted by Gasteiger charge is -2.40. The Morgan fingerprint density at radius 2 is 1.68 bits per heavy atom. The number of aromatic nitrogens is 2. The van der Waals surface area contributed by atoms with Crippen LogP contribution in [0.5, 0.6) is 0 Å². The van der Waals surface area contributed by atoms with Crippen molar-refractivity contribution in [2.24, 2.45) is 5.92 Å². The van der Waals surface area contributed by atoms with Gasteiger partial charge >= 0.3 is 0 Å². The van der Waals surface area contributed by atoms with Crippen LogP contribution in [0.1, 0.15) is 65.0 Å². The molecule has 5 heterocycles. The van der Waals surface area contributed by atoms with Gasteiger partial charge < -0.3 is 15.5 Å². The van der Waals surface area contributed by atoms with E-state index in [9.17, 15) is 29.2 Å². The Morgan fingerprint density at radius 3 is 2.41 bits per heavy atom. The summed E-state index contributed by atoms with van der Waals surface area (Å²) >= 11 is 6.30. The molecule has 2 saturated heterocycles. The second-order valence-corrected chi connectivity index (χ2v) is 15.4. The van der Waals surface area contributed by atoms with E-state index in [1.807, 2.05) is 44.4 Å². The number of piperidine rings is 1. The van der Waals surface area contributed by atoms with E-state index in [-0.39, 0.29) is 29.9 Å². The summed E-state index contributed by atoms with van der Waals surface area (Å²) < 4.78 is 0. The first-order valence-electron chi connectivity index (χ1n) is 18.5. The van der Waals surface area contributed by atoms with E-state index in [1.54, 1.807) is 41.3 Å². The van der Waals surface area contributed by atoms with Crippen molar-refractivity contribution in [3.63, 3.8) is 0 Å². The molecule has 0 spiro atoms. The van der Waals surface area contributed by atoms with E-state index in [0.717, 1.165) is 53.5 Å². The van der Waals surface area contributed by atoms with Crippen LogP contribution in [0.15, 0.2) is 67.0 Å². The average molecular weight is 772 g/mol. The summed E-state index contributed by atoms with van der Waals surface area (Å²) in [5, 5.41) is 18.5. The van der Waals surface area contributed by atoms with Gasteiger partial charge in [-0.25, -0.2) is 9.97 Å². The molecule has 8 rings (SSSR count). The fourth-order valence-electron chi connectivity index (χ4n) is 7.77. The van der Waals surface area contributed by atoms with Gasteiger partial charge in [0.15, 0.2) is 5.82 Å². The first-order chi connectivity index (χ1) is 26.9. The van der Waals surface area contributed by atoms with Crippen LogP contribution in [0.4, 0.5) is 22.7 Å². The number of nitrogens with zero attached hydrogens (tertiary/aromatic N) is 6. The molecule has 14 nitrogen and oxygen atoms in total. The van der Waals surface area contributed by atoms with Gasteiger partial charge in [0.25, 0.3) is 11.8 Å². The maximum Gasteiger partial charge on any atom is 0.262 e. The Balaban J connectivity index is 0.790. The van der Waals surface area contributed by atoms with E-state index >= 15 is 0 Å². The number of imide groups is 2. The number of anilines is 4. The zero-order chi connectivity index (χ0) is 39.3. The first kappa shape index (κ1) is 36.8. The number of hydrogen-bond acceptors (Lipinski definition) is 11. The summed E-state index contributed by atoms with van der Waals surface area (Å²) in [6, 6.07) is 16.8. The van der Waals surface area contributed by atoms with Crippen LogP contribution in [0, 0.1) is 17.2 Å². The first-order valence-corrected chi connectivity index (χ1v) is 18.9. The minimum atomic E-state index is -0.987. The number of nitriles is 1. The van der Waals surface area contributed by atoms with E-state index in [0.29, 0.717) is 46.8 Å². The van der Waals surface area contributed by atoms with Crippen LogP contribution in [-0.4, -0.2) is 83.2 Å². The van der Waals surface area contributed by atoms with Crippen LogP contribution >= 0.6 is 11.6 Å². The molecular formula is C41H38ClN9O5. The van der Waals surface area contributed by atoms with E-state index in [1.165, 1.54) is 0 Å². The van der Waals surface area contributed by atoms with Gasteiger partial charge in [0.1, 0.15) is 12.1 Å². The monoisotopic (exact) mass is 771 g/mol. The molecule has 56 heavy (non-hydrogen) atoms. The number of halogens is 1. The number of amides is 5. The second kappa shape index (κ2) is 14.5. The Kier molecular flexibility index (Phi) is 9.51. The van der Waals surface area contributed by atoms with E-state index in [2.05, 4.69) is 36.9 Å². The molecule has 0 saturated carbocycles. The van der Waals surface area contributed by atoms with Crippen LogP contribution in [0.3, 0.4) is 0 Å². The van der Waals surface area contributed by atoms with Gasteiger partial charge in [-0.1, -0.05) is 11.6 Å². The summed E-state index contributed by atoms with van der Waals surface area (Å²) in [6.45, 7) is 7.77. The van der Waals surface area contributed by atoms with E-state index < -0.39 is 35.1 Å². The minimum absolute atomic E-state index is 0.0785. The summed E-state index contributed by atoms with van der Waals surface area (Å²) in [4.78, 5) is 77.7. The Hall–Kier alpha value is -6.17. The van der Waals surface area contributed by atoms with Crippen LogP contribution in [-0.2, 0) is 19.8 Å². The number of carbonyl (C=O) groups excluding carboxylic acids is 5. The molecule has 4 aliphatic heterocycles. The van der Waals surface area contributed by atoms with Crippen LogP contribution in [0.2, 0.25) is 5.02 Å². The molecule has 0 aliphatic carbocycles. The predicted octanol–water partition coefficient (Wildman–Crippen LogP) is 4.55. The lowest BCUT2D eigenvalue weighted by atomic mass is 9.85. The number of nitrogens with one attached hydrogen (secondary N) is 3. The fraction of sp³-hybridized carbons (Fsp3) is 0.317. The quantitative estimate of drug-likeness (QED) is 0.144. The van der Waals surface area contributed by atoms with Gasteiger partial charge in [-0.3, -0.25) is 39.1 Å². The molecule has 3 aromatic carbocycles. The number of fused-ring (bicyclic) bond motifs is 2. The largest absolute Gasteiger partial charge is 0.384 e. The highest BCUT2D eigenvalue weighted by Gasteiger charge is 2.46. The lowest BCUT2D eigenvalue weighted by Crippen LogP contribution is -2.54. The highest BCUT2D eigenvalue weighted by Crippen LogP contribution is 2.47. The van der Waals surface area contributed by atoms with Crippen molar-refractivity contribution in [3.05, 3.63) is 94.3 Å². The highest BCUT2D eigenvalue weighted by atomic mass is 35.5. The van der Waals surface area contributed by atoms with Crippen LogP contribution in [0.25, 0.3) is 11.4 Å². The Labute approximate surface area is 327 Å². The number of benzene rings is 3. The molecular weight excluding hydrogens is 734 g/mol. The molecule has 1 aromatic heterocycles. The third-order valence-corrected chi connectivity index (χ3v) is 11.3. The summed E-state index contributed by atoms with van der Waals surface area (Å²) in [5.74, 6) is -1.06. The van der Waals surface area contributed by atoms with Crippen molar-refractivity contribution in [2.45, 2.75) is 44.6 Å². The molecule has 1 atom stereocenters. The van der Waals surface area contributed by atoms with Crippen molar-refractivity contribution in [1.29, 1.82) is 5.26 Å². The predicted molar refractivity (Wildman–Crippen MR) is 209 cm³/mol. The molecule has 1 unspecified atom stereocenters. The normalized spacial score (nSPS) is 18.8. The molecule has 2 fully saturated rings. The topological polar surface area (TPSA) is 181 Å². The Bertz CT molecular complexity index is 2350. The van der Waals surface area contributed by atoms with Gasteiger partial charge in [0, 0.05) is 43.9 Å². The van der Waals surface area contributed by atoms with Crippen molar-refractivity contribution in [2.75, 3.05) is 47.8 Å². The van der Waals surface area contributed by atoms with Crippen molar-refractivity contribution in [3.8, 4) is 17.5 Å². The van der Waals surface area contributed by atoms with E-state index in [4.69, 9.17) is 11.6 Å². The average Bonchev–Trinajstić information content (AvgIpc) is 3.53. The second-order valence-electron chi connectivity index (χ2n) is 15.0. The molecule has 4 aliphatic rings. The standard InChI is InChI=1S/C41H38ClN9O5/c1-41(2)31-15-24(4-8-33(31)50(40(41)56)27-6-3-25(18-43)32(42)17-27)36-46-19-28(20-47-36)49-21-23(22-49)11-12-44-13-14-45-26-5-7-29-30(16-26)39(55)51(38(29)54)34-9-10-35(52)48-37(34)53/h3-8,15-17,19-20,23,34,44-45H,9-14,21-22H2,1-2H3,(H,48,52,53). The maximum atomic E-state index is 13.6. The van der Waals surface area contributed by atoms with Crippen molar-refractivity contribution in [1.82, 2.24) is 25.5 Å². The van der Waals surface area contributed by atoms with Crippen molar-refractivity contribution < 1.29 is 24.0 Å². The zero-order valence-electron chi connectivity index (χ0n) is 30.8. The third-order valence-electron chi connectivity index (χ3n) is 11.0. The van der Waals surface area contributed by atoms with Gasteiger partial charge in [-0.2, -0.15) is 5.26 Å². The molecule has 15 heteroatoms. The summed E-state index contributed by atoms with van der Waals surface area (Å²) in [6.07, 6.45) is 4.89. The Morgan fingerprint density at radius 1 is 0.911 bits per heavy atom. The number of carbonyl (C=O) groups is 5. The molecule has 284 valence electrons. The number of rotatable bonds is 11. The zero-order valence-corrected chi connectivity index (χ0v) is 31.5. The summed E-state index contributed by atoms with van der Waals surface area (Å²) in [5.41, 5.74) is 4.76. The minimum Gasteiger partial charge on any atom is -0.384 e. The van der Waals surface area contributed by atoms with Crippen molar-refractivity contribution >= 4 is 63.9 Å². The molecule has 0 bridgehead atoms. The summed E-state index contributed by atoms with van der Waals surface area (Å²) in [7, 11) is 0. The van der Waals surface area contributed by atoms with Gasteiger partial charge in [-0.05, 0) is 99.3 Å². The molecule has 4 aromatic rings. The van der Waals surface area contributed by atoms with Gasteiger partial charge in [0.05, 0.1) is 56.6 Å². The smallest absolute Gasteiger partial charge is 0.262 e. The van der Waals surface area contributed by atoms with Gasteiger partial charge in [-0.15, -0.1) is 0 Å². The fourth-order valence-corrected chi connectivity index (χ4v) is 7.99. The molecule has 3 N–H and O–H groups in total. The molecule has 0 radical (unpaired) electrons. The third kappa shape index (κ3) is 6.52. The lowest BCUT2D eigenvalue weighted by molar-refractivity contribution is -0.136. The number of hydrogen-bond donors (Lipinski definition) is 3. The van der Waals surface area contributed by atoms with Gasteiger partial charge in [0.2, 0.25) is 17.7 Å². The van der Waals surface area contributed by atoms with Crippen LogP contribution < -0.4 is 25.8 Å². The highest BCUT2D eigenvalue weighted by molar-refractivity contribution is 6.32. The maximum absolute atomic E-state index is 13.6.